The number of carbonyl (C=O) groups is 1. The van der Waals surface area contributed by atoms with Crippen LogP contribution in [0.3, 0.4) is 0 Å². The van der Waals surface area contributed by atoms with Crippen LogP contribution in [0.1, 0.15) is 29.6 Å². The maximum absolute atomic E-state index is 13.0. The second kappa shape index (κ2) is 7.19. The van der Waals surface area contributed by atoms with Gasteiger partial charge in [-0.1, -0.05) is 0 Å². The Kier molecular flexibility index (Phi) is 5.03. The zero-order valence-electron chi connectivity index (χ0n) is 13.6. The van der Waals surface area contributed by atoms with Crippen LogP contribution in [0.4, 0.5) is 0 Å². The molecule has 0 saturated carbocycles. The van der Waals surface area contributed by atoms with E-state index in [9.17, 15) is 4.79 Å². The number of likely N-dealkylation sites (tertiary alicyclic amines) is 1. The van der Waals surface area contributed by atoms with Crippen molar-refractivity contribution in [2.45, 2.75) is 31.6 Å². The van der Waals surface area contributed by atoms with Gasteiger partial charge in [-0.2, -0.15) is 0 Å². The van der Waals surface area contributed by atoms with Crippen molar-refractivity contribution in [3.63, 3.8) is 0 Å². The molecule has 2 aliphatic rings. The highest BCUT2D eigenvalue weighted by molar-refractivity contribution is 5.95. The van der Waals surface area contributed by atoms with E-state index in [2.05, 4.69) is 0 Å². The predicted octanol–water partition coefficient (Wildman–Crippen LogP) is 2.07. The first kappa shape index (κ1) is 16.1. The summed E-state index contributed by atoms with van der Waals surface area (Å²) in [5.41, 5.74) is 0.561. The Morgan fingerprint density at radius 1 is 1.09 bits per heavy atom. The topological polar surface area (TPSA) is 57.2 Å². The molecule has 2 aliphatic heterocycles. The van der Waals surface area contributed by atoms with E-state index in [1.54, 1.807) is 32.4 Å². The van der Waals surface area contributed by atoms with Gasteiger partial charge in [0.2, 0.25) is 0 Å². The van der Waals surface area contributed by atoms with E-state index in [1.165, 1.54) is 0 Å². The number of methoxy groups -OCH3 is 2. The number of amides is 1. The van der Waals surface area contributed by atoms with Crippen molar-refractivity contribution in [2.24, 2.45) is 0 Å². The first-order valence-corrected chi connectivity index (χ1v) is 8.00. The van der Waals surface area contributed by atoms with E-state index in [-0.39, 0.29) is 18.2 Å². The maximum Gasteiger partial charge on any atom is 0.254 e. The molecule has 0 aliphatic carbocycles. The van der Waals surface area contributed by atoms with E-state index in [0.29, 0.717) is 36.8 Å². The first-order valence-electron chi connectivity index (χ1n) is 8.00. The van der Waals surface area contributed by atoms with Crippen LogP contribution < -0.4 is 9.47 Å². The third-order valence-corrected chi connectivity index (χ3v) is 4.37. The summed E-state index contributed by atoms with van der Waals surface area (Å²) in [5, 5.41) is 0. The molecular formula is C17H23NO5. The smallest absolute Gasteiger partial charge is 0.254 e. The highest BCUT2D eigenvalue weighted by Crippen LogP contribution is 2.28. The number of ether oxygens (including phenoxy) is 4. The van der Waals surface area contributed by atoms with Crippen LogP contribution >= 0.6 is 0 Å². The van der Waals surface area contributed by atoms with E-state index in [4.69, 9.17) is 18.9 Å². The summed E-state index contributed by atoms with van der Waals surface area (Å²) in [6.45, 7) is 1.90. The molecular weight excluding hydrogens is 298 g/mol. The fraction of sp³-hybridized carbons (Fsp3) is 0.588. The number of nitrogens with zero attached hydrogens (tertiary/aromatic N) is 1. The van der Waals surface area contributed by atoms with Gasteiger partial charge < -0.3 is 23.8 Å². The lowest BCUT2D eigenvalue weighted by Crippen LogP contribution is -2.50. The third-order valence-electron chi connectivity index (χ3n) is 4.37. The Morgan fingerprint density at radius 3 is 2.35 bits per heavy atom. The molecule has 23 heavy (non-hydrogen) atoms. The molecule has 1 aromatic rings. The second-order valence-electron chi connectivity index (χ2n) is 5.77. The van der Waals surface area contributed by atoms with Gasteiger partial charge in [0.1, 0.15) is 11.5 Å². The molecule has 3 rings (SSSR count). The number of hydrogen-bond acceptors (Lipinski definition) is 5. The van der Waals surface area contributed by atoms with Crippen LogP contribution in [0.2, 0.25) is 0 Å². The van der Waals surface area contributed by atoms with E-state index >= 15 is 0 Å². The van der Waals surface area contributed by atoms with Crippen LogP contribution in [0.15, 0.2) is 18.2 Å². The minimum Gasteiger partial charge on any atom is -0.497 e. The molecule has 1 atom stereocenters. The molecule has 1 aromatic carbocycles. The minimum atomic E-state index is -0.313. The zero-order valence-corrected chi connectivity index (χ0v) is 13.6. The molecule has 2 heterocycles. The molecule has 2 saturated heterocycles. The largest absolute Gasteiger partial charge is 0.497 e. The summed E-state index contributed by atoms with van der Waals surface area (Å²) in [4.78, 5) is 14.9. The van der Waals surface area contributed by atoms with Crippen molar-refractivity contribution in [3.05, 3.63) is 23.8 Å². The fourth-order valence-corrected chi connectivity index (χ4v) is 3.19. The molecule has 0 radical (unpaired) electrons. The standard InChI is InChI=1S/C17H23NO5/c1-20-13-9-12(10-14(11-13)21-2)16(19)18-6-4-3-5-15(18)17-22-7-8-23-17/h9-11,15,17H,3-8H2,1-2H3/t15-/m1/s1. The molecule has 2 fully saturated rings. The van der Waals surface area contributed by atoms with Gasteiger partial charge in [0.15, 0.2) is 6.29 Å². The average molecular weight is 321 g/mol. The summed E-state index contributed by atoms with van der Waals surface area (Å²) >= 11 is 0. The number of hydrogen-bond donors (Lipinski definition) is 0. The van der Waals surface area contributed by atoms with Gasteiger partial charge in [-0.05, 0) is 31.4 Å². The van der Waals surface area contributed by atoms with Crippen LogP contribution in [0.5, 0.6) is 11.5 Å². The van der Waals surface area contributed by atoms with Crippen molar-refractivity contribution in [2.75, 3.05) is 34.0 Å². The molecule has 0 N–H and O–H groups in total. The van der Waals surface area contributed by atoms with E-state index in [0.717, 1.165) is 19.3 Å². The second-order valence-corrected chi connectivity index (χ2v) is 5.77. The molecule has 0 aromatic heterocycles. The monoisotopic (exact) mass is 321 g/mol. The number of piperidine rings is 1. The van der Waals surface area contributed by atoms with Crippen molar-refractivity contribution < 1.29 is 23.7 Å². The van der Waals surface area contributed by atoms with Crippen LogP contribution in [-0.4, -0.2) is 57.1 Å². The van der Waals surface area contributed by atoms with Crippen LogP contribution in [0, 0.1) is 0 Å². The van der Waals surface area contributed by atoms with Gasteiger partial charge >= 0.3 is 0 Å². The van der Waals surface area contributed by atoms with Gasteiger partial charge in [-0.15, -0.1) is 0 Å². The van der Waals surface area contributed by atoms with E-state index in [1.807, 2.05) is 4.90 Å². The van der Waals surface area contributed by atoms with Crippen molar-refractivity contribution in [3.8, 4) is 11.5 Å². The molecule has 1 amide bonds. The Morgan fingerprint density at radius 2 is 1.74 bits per heavy atom. The third kappa shape index (κ3) is 3.43. The number of rotatable bonds is 4. The lowest BCUT2D eigenvalue weighted by atomic mass is 10.00. The van der Waals surface area contributed by atoms with Gasteiger partial charge in [0.25, 0.3) is 5.91 Å². The first-order chi connectivity index (χ1) is 11.2. The SMILES string of the molecule is COc1cc(OC)cc(C(=O)N2CCCC[C@@H]2C2OCCO2)c1. The zero-order chi connectivity index (χ0) is 16.2. The normalized spacial score (nSPS) is 22.2. The van der Waals surface area contributed by atoms with Crippen molar-refractivity contribution in [1.82, 2.24) is 4.90 Å². The quantitative estimate of drug-likeness (QED) is 0.850. The van der Waals surface area contributed by atoms with Gasteiger partial charge in [-0.3, -0.25) is 4.79 Å². The molecule has 0 spiro atoms. The molecule has 0 unspecified atom stereocenters. The Bertz CT molecular complexity index is 534. The Labute approximate surface area is 136 Å². The summed E-state index contributed by atoms with van der Waals surface area (Å²) in [6, 6.07) is 5.21. The maximum atomic E-state index is 13.0. The predicted molar refractivity (Wildman–Crippen MR) is 83.9 cm³/mol. The molecule has 0 bridgehead atoms. The van der Waals surface area contributed by atoms with Crippen LogP contribution in [0.25, 0.3) is 0 Å². The summed E-state index contributed by atoms with van der Waals surface area (Å²) in [5.74, 6) is 1.18. The van der Waals surface area contributed by atoms with Gasteiger partial charge in [0.05, 0.1) is 33.5 Å². The fourth-order valence-electron chi connectivity index (χ4n) is 3.19. The summed E-state index contributed by atoms with van der Waals surface area (Å²) in [7, 11) is 3.15. The Hall–Kier alpha value is -1.79. The van der Waals surface area contributed by atoms with Gasteiger partial charge in [0, 0.05) is 18.2 Å². The average Bonchev–Trinajstić information content (AvgIpc) is 3.15. The highest BCUT2D eigenvalue weighted by Gasteiger charge is 2.36. The molecule has 6 nitrogen and oxygen atoms in total. The lowest BCUT2D eigenvalue weighted by molar-refractivity contribution is -0.100. The lowest BCUT2D eigenvalue weighted by Gasteiger charge is -2.38. The Balaban J connectivity index is 1.84. The van der Waals surface area contributed by atoms with Crippen LogP contribution in [-0.2, 0) is 9.47 Å². The molecule has 126 valence electrons. The minimum absolute atomic E-state index is 0.0315. The highest BCUT2D eigenvalue weighted by atomic mass is 16.7. The molecule has 6 heteroatoms. The van der Waals surface area contributed by atoms with E-state index < -0.39 is 0 Å². The van der Waals surface area contributed by atoms with Crippen molar-refractivity contribution in [1.29, 1.82) is 0 Å². The number of benzene rings is 1. The summed E-state index contributed by atoms with van der Waals surface area (Å²) in [6.07, 6.45) is 2.67. The summed E-state index contributed by atoms with van der Waals surface area (Å²) < 4.78 is 21.8. The van der Waals surface area contributed by atoms with Crippen molar-refractivity contribution >= 4 is 5.91 Å². The number of carbonyl (C=O) groups excluding carboxylic acids is 1. The van der Waals surface area contributed by atoms with Gasteiger partial charge in [-0.25, -0.2) is 0 Å².